The molecule has 0 radical (unpaired) electrons. The first-order valence-electron chi connectivity index (χ1n) is 10.2. The molecular weight excluding hydrogens is 401 g/mol. The Morgan fingerprint density at radius 2 is 1.77 bits per heavy atom. The van der Waals surface area contributed by atoms with E-state index in [2.05, 4.69) is 29.1 Å². The maximum atomic E-state index is 13.3. The summed E-state index contributed by atoms with van der Waals surface area (Å²) in [6, 6.07) is 15.0. The lowest BCUT2D eigenvalue weighted by Crippen LogP contribution is -2.07. The lowest BCUT2D eigenvalue weighted by Gasteiger charge is -2.11. The van der Waals surface area contributed by atoms with E-state index >= 15 is 0 Å². The molecule has 4 rings (SSSR count). The summed E-state index contributed by atoms with van der Waals surface area (Å²) in [7, 11) is 0. The van der Waals surface area contributed by atoms with E-state index in [9.17, 15) is 13.2 Å². The van der Waals surface area contributed by atoms with Gasteiger partial charge in [0.15, 0.2) is 5.65 Å². The summed E-state index contributed by atoms with van der Waals surface area (Å²) in [6.07, 6.45) is -0.170. The van der Waals surface area contributed by atoms with Gasteiger partial charge in [0, 0.05) is 24.0 Å². The van der Waals surface area contributed by atoms with E-state index in [0.29, 0.717) is 23.1 Å². The molecule has 1 N–H and O–H groups in total. The molecule has 0 spiro atoms. The van der Waals surface area contributed by atoms with Gasteiger partial charge >= 0.3 is 6.18 Å². The molecule has 0 saturated carbocycles. The summed E-state index contributed by atoms with van der Waals surface area (Å²) >= 11 is 0. The van der Waals surface area contributed by atoms with E-state index in [-0.39, 0.29) is 0 Å². The lowest BCUT2D eigenvalue weighted by molar-refractivity contribution is -0.137. The van der Waals surface area contributed by atoms with Crippen LogP contribution in [0.4, 0.5) is 19.0 Å². The minimum atomic E-state index is -4.42. The van der Waals surface area contributed by atoms with Crippen LogP contribution in [0.2, 0.25) is 0 Å². The van der Waals surface area contributed by atoms with Gasteiger partial charge in [-0.05, 0) is 36.1 Å². The first-order chi connectivity index (χ1) is 14.8. The van der Waals surface area contributed by atoms with Crippen LogP contribution < -0.4 is 5.32 Å². The smallest absolute Gasteiger partial charge is 0.369 e. The van der Waals surface area contributed by atoms with Gasteiger partial charge in [-0.1, -0.05) is 50.2 Å². The molecule has 0 amide bonds. The number of hydrogen-bond donors (Lipinski definition) is 1. The van der Waals surface area contributed by atoms with Gasteiger partial charge in [0.2, 0.25) is 0 Å². The highest BCUT2D eigenvalue weighted by atomic mass is 19.4. The zero-order valence-electron chi connectivity index (χ0n) is 17.3. The lowest BCUT2D eigenvalue weighted by atomic mass is 10.1. The first kappa shape index (κ1) is 20.9. The number of benzene rings is 2. The Labute approximate surface area is 178 Å². The largest absolute Gasteiger partial charge is 0.416 e. The SMILES string of the molecule is CC(C)CCNc1ncnc2c1c(-c1ccccc1)cn2-c1cccc(C(F)(F)F)c1. The Kier molecular flexibility index (Phi) is 5.67. The summed E-state index contributed by atoms with van der Waals surface area (Å²) in [4.78, 5) is 8.87. The Hall–Kier alpha value is -3.35. The number of nitrogens with one attached hydrogen (secondary N) is 1. The Morgan fingerprint density at radius 1 is 1.00 bits per heavy atom. The van der Waals surface area contributed by atoms with Gasteiger partial charge < -0.3 is 9.88 Å². The number of anilines is 1. The van der Waals surface area contributed by atoms with Crippen LogP contribution in [0, 0.1) is 5.92 Å². The molecular formula is C24H23F3N4. The second kappa shape index (κ2) is 8.41. The molecule has 2 aromatic heterocycles. The Balaban J connectivity index is 1.90. The van der Waals surface area contributed by atoms with Crippen molar-refractivity contribution in [2.45, 2.75) is 26.4 Å². The third kappa shape index (κ3) is 4.40. The van der Waals surface area contributed by atoms with Gasteiger partial charge in [0.05, 0.1) is 10.9 Å². The van der Waals surface area contributed by atoms with Gasteiger partial charge in [-0.25, -0.2) is 9.97 Å². The van der Waals surface area contributed by atoms with Crippen LogP contribution in [0.15, 0.2) is 67.1 Å². The number of alkyl halides is 3. The van der Waals surface area contributed by atoms with Crippen LogP contribution in [-0.4, -0.2) is 21.1 Å². The third-order valence-electron chi connectivity index (χ3n) is 5.13. The molecule has 4 aromatic rings. The predicted octanol–water partition coefficient (Wildman–Crippen LogP) is 6.56. The Morgan fingerprint density at radius 3 is 2.48 bits per heavy atom. The topological polar surface area (TPSA) is 42.7 Å². The molecule has 2 heterocycles. The summed E-state index contributed by atoms with van der Waals surface area (Å²) < 4.78 is 41.6. The molecule has 0 fully saturated rings. The molecule has 0 atom stereocenters. The number of nitrogens with zero attached hydrogens (tertiary/aromatic N) is 3. The van der Waals surface area contributed by atoms with Crippen LogP contribution in [0.3, 0.4) is 0 Å². The van der Waals surface area contributed by atoms with Crippen LogP contribution >= 0.6 is 0 Å². The van der Waals surface area contributed by atoms with Crippen LogP contribution in [-0.2, 0) is 6.18 Å². The monoisotopic (exact) mass is 424 g/mol. The second-order valence-electron chi connectivity index (χ2n) is 7.86. The Bertz CT molecular complexity index is 1180. The van der Waals surface area contributed by atoms with Crippen molar-refractivity contribution in [3.05, 3.63) is 72.7 Å². The standard InChI is InChI=1S/C24H23F3N4/c1-16(2)11-12-28-22-21-20(17-7-4-3-5-8-17)14-31(23(21)30-15-29-22)19-10-6-9-18(13-19)24(25,26)27/h3-10,13-16H,11-12H2,1-2H3,(H,28,29,30). The summed E-state index contributed by atoms with van der Waals surface area (Å²) in [5.74, 6) is 1.21. The molecule has 0 bridgehead atoms. The third-order valence-corrected chi connectivity index (χ3v) is 5.13. The average molecular weight is 424 g/mol. The van der Waals surface area contributed by atoms with E-state index in [1.54, 1.807) is 10.6 Å². The van der Waals surface area contributed by atoms with Gasteiger partial charge in [-0.15, -0.1) is 0 Å². The van der Waals surface area contributed by atoms with E-state index < -0.39 is 11.7 Å². The normalized spacial score (nSPS) is 11.9. The van der Waals surface area contributed by atoms with E-state index in [1.165, 1.54) is 12.4 Å². The molecule has 4 nitrogen and oxygen atoms in total. The molecule has 0 aliphatic carbocycles. The molecule has 0 unspecified atom stereocenters. The highest BCUT2D eigenvalue weighted by molar-refractivity contribution is 6.02. The van der Waals surface area contributed by atoms with E-state index in [4.69, 9.17) is 0 Å². The molecule has 0 aliphatic heterocycles. The molecule has 7 heteroatoms. The average Bonchev–Trinajstić information content (AvgIpc) is 3.14. The van der Waals surface area contributed by atoms with Crippen LogP contribution in [0.25, 0.3) is 27.8 Å². The fourth-order valence-corrected chi connectivity index (χ4v) is 3.54. The predicted molar refractivity (Wildman–Crippen MR) is 117 cm³/mol. The minimum Gasteiger partial charge on any atom is -0.369 e. The highest BCUT2D eigenvalue weighted by Gasteiger charge is 2.30. The summed E-state index contributed by atoms with van der Waals surface area (Å²) in [6.45, 7) is 5.04. The maximum Gasteiger partial charge on any atom is 0.416 e. The van der Waals surface area contributed by atoms with Crippen molar-refractivity contribution in [2.75, 3.05) is 11.9 Å². The zero-order chi connectivity index (χ0) is 22.0. The van der Waals surface area contributed by atoms with Gasteiger partial charge in [0.1, 0.15) is 12.1 Å². The van der Waals surface area contributed by atoms with Crippen molar-refractivity contribution in [3.63, 3.8) is 0 Å². The maximum absolute atomic E-state index is 13.3. The number of aromatic nitrogens is 3. The fourth-order valence-electron chi connectivity index (χ4n) is 3.54. The van der Waals surface area contributed by atoms with Gasteiger partial charge in [0.25, 0.3) is 0 Å². The number of halogens is 3. The quantitative estimate of drug-likeness (QED) is 0.381. The molecule has 160 valence electrons. The zero-order valence-corrected chi connectivity index (χ0v) is 17.3. The first-order valence-corrected chi connectivity index (χ1v) is 10.2. The van der Waals surface area contributed by atoms with Gasteiger partial charge in [-0.2, -0.15) is 13.2 Å². The van der Waals surface area contributed by atoms with Crippen LogP contribution in [0.5, 0.6) is 0 Å². The minimum absolute atomic E-state index is 0.397. The van der Waals surface area contributed by atoms with E-state index in [1.807, 2.05) is 36.5 Å². The van der Waals surface area contributed by atoms with Crippen molar-refractivity contribution in [1.82, 2.24) is 14.5 Å². The number of hydrogen-bond acceptors (Lipinski definition) is 3. The van der Waals surface area contributed by atoms with Gasteiger partial charge in [-0.3, -0.25) is 0 Å². The highest BCUT2D eigenvalue weighted by Crippen LogP contribution is 2.36. The van der Waals surface area contributed by atoms with Crippen LogP contribution in [0.1, 0.15) is 25.8 Å². The molecule has 0 aliphatic rings. The van der Waals surface area contributed by atoms with Crippen molar-refractivity contribution in [3.8, 4) is 16.8 Å². The molecule has 31 heavy (non-hydrogen) atoms. The molecule has 2 aromatic carbocycles. The summed E-state index contributed by atoms with van der Waals surface area (Å²) in [5.41, 5.74) is 2.06. The fraction of sp³-hybridized carbons (Fsp3) is 0.250. The van der Waals surface area contributed by atoms with Crippen molar-refractivity contribution >= 4 is 16.9 Å². The van der Waals surface area contributed by atoms with Crippen molar-refractivity contribution in [1.29, 1.82) is 0 Å². The number of fused-ring (bicyclic) bond motifs is 1. The molecule has 0 saturated heterocycles. The number of rotatable bonds is 6. The van der Waals surface area contributed by atoms with E-state index in [0.717, 1.165) is 41.6 Å². The second-order valence-corrected chi connectivity index (χ2v) is 7.86. The van der Waals surface area contributed by atoms with Crippen molar-refractivity contribution < 1.29 is 13.2 Å². The van der Waals surface area contributed by atoms with Crippen molar-refractivity contribution in [2.24, 2.45) is 5.92 Å². The summed E-state index contributed by atoms with van der Waals surface area (Å²) in [5, 5.41) is 4.17.